The molecule has 2 saturated carbocycles. The average molecular weight is 407 g/mol. The largest absolute Gasteiger partial charge is 0.353 e. The number of likely N-dealkylation sites (tertiary alicyclic amines) is 1. The number of hydrogen-bond donors (Lipinski definition) is 1. The van der Waals surface area contributed by atoms with Gasteiger partial charge in [-0.15, -0.1) is 0 Å². The molecule has 0 radical (unpaired) electrons. The number of allylic oxidation sites excluding steroid dienone is 2. The van der Waals surface area contributed by atoms with Gasteiger partial charge in [0.1, 0.15) is 0 Å². The number of carbonyl (C=O) groups excluding carboxylic acids is 3. The van der Waals surface area contributed by atoms with Crippen LogP contribution < -0.4 is 5.32 Å². The fraction of sp³-hybridized carbons (Fsp3) is 0.560. The van der Waals surface area contributed by atoms with E-state index in [1.165, 1.54) is 11.3 Å². The van der Waals surface area contributed by atoms with Gasteiger partial charge in [0.25, 0.3) is 0 Å². The van der Waals surface area contributed by atoms with Gasteiger partial charge in [0, 0.05) is 6.04 Å². The zero-order valence-corrected chi connectivity index (χ0v) is 17.5. The Morgan fingerprint density at radius 2 is 1.67 bits per heavy atom. The number of nitrogens with one attached hydrogen (secondary N) is 1. The van der Waals surface area contributed by atoms with Crippen molar-refractivity contribution in [3.8, 4) is 0 Å². The number of fused-ring (bicyclic) bond motifs is 5. The van der Waals surface area contributed by atoms with Gasteiger partial charge < -0.3 is 5.32 Å². The molecule has 1 aromatic carbocycles. The molecule has 5 nitrogen and oxygen atoms in total. The molecule has 2 bridgehead atoms. The molecule has 1 aromatic rings. The van der Waals surface area contributed by atoms with Gasteiger partial charge in [-0.3, -0.25) is 19.3 Å². The average Bonchev–Trinajstić information content (AvgIpc) is 3.42. The molecule has 5 atom stereocenters. The molecule has 0 aromatic heterocycles. The highest BCUT2D eigenvalue weighted by Crippen LogP contribution is 2.54. The van der Waals surface area contributed by atoms with Crippen LogP contribution in [0.4, 0.5) is 0 Å². The van der Waals surface area contributed by atoms with Crippen LogP contribution in [0.1, 0.15) is 62.1 Å². The second-order valence-electron chi connectivity index (χ2n) is 9.53. The van der Waals surface area contributed by atoms with Gasteiger partial charge in [-0.1, -0.05) is 55.7 Å². The first-order valence-corrected chi connectivity index (χ1v) is 11.4. The van der Waals surface area contributed by atoms with Gasteiger partial charge in [0.05, 0.1) is 24.3 Å². The molecule has 3 aliphatic carbocycles. The van der Waals surface area contributed by atoms with Gasteiger partial charge in [-0.25, -0.2) is 0 Å². The van der Waals surface area contributed by atoms with Crippen molar-refractivity contribution in [2.24, 2.45) is 23.7 Å². The van der Waals surface area contributed by atoms with Crippen LogP contribution in [-0.4, -0.2) is 28.7 Å². The first-order valence-electron chi connectivity index (χ1n) is 11.4. The molecule has 5 heteroatoms. The lowest BCUT2D eigenvalue weighted by atomic mass is 9.85. The summed E-state index contributed by atoms with van der Waals surface area (Å²) in [6.07, 6.45) is 10.8. The van der Waals surface area contributed by atoms with Crippen molar-refractivity contribution in [3.63, 3.8) is 0 Å². The Morgan fingerprint density at radius 3 is 2.30 bits per heavy atom. The maximum absolute atomic E-state index is 13.4. The highest BCUT2D eigenvalue weighted by Gasteiger charge is 2.60. The zero-order chi connectivity index (χ0) is 20.8. The minimum atomic E-state index is -0.528. The molecule has 1 N–H and O–H groups in total. The number of benzene rings is 1. The van der Waals surface area contributed by atoms with Crippen molar-refractivity contribution in [3.05, 3.63) is 47.5 Å². The van der Waals surface area contributed by atoms with Gasteiger partial charge in [-0.05, 0) is 49.1 Å². The van der Waals surface area contributed by atoms with Crippen LogP contribution in [0.5, 0.6) is 0 Å². The molecule has 5 rings (SSSR count). The third-order valence-corrected chi connectivity index (χ3v) is 7.71. The summed E-state index contributed by atoms with van der Waals surface area (Å²) in [4.78, 5) is 41.3. The van der Waals surface area contributed by atoms with Gasteiger partial charge in [0.15, 0.2) is 0 Å². The quantitative estimate of drug-likeness (QED) is 0.599. The summed E-state index contributed by atoms with van der Waals surface area (Å²) < 4.78 is 0. The maximum Gasteiger partial charge on any atom is 0.234 e. The molecule has 158 valence electrons. The minimum absolute atomic E-state index is 0.0612. The molecule has 0 spiro atoms. The van der Waals surface area contributed by atoms with E-state index in [1.54, 1.807) is 0 Å². The normalized spacial score (nSPS) is 31.3. The lowest BCUT2D eigenvalue weighted by molar-refractivity contribution is -0.144. The molecular weight excluding hydrogens is 376 g/mol. The van der Waals surface area contributed by atoms with Crippen molar-refractivity contribution in [1.29, 1.82) is 0 Å². The molecule has 5 unspecified atom stereocenters. The van der Waals surface area contributed by atoms with E-state index in [1.807, 2.05) is 31.2 Å². The third kappa shape index (κ3) is 3.19. The number of carbonyl (C=O) groups is 3. The summed E-state index contributed by atoms with van der Waals surface area (Å²) in [5.41, 5.74) is 1.91. The van der Waals surface area contributed by atoms with Crippen LogP contribution >= 0.6 is 0 Å². The Hall–Kier alpha value is -2.43. The van der Waals surface area contributed by atoms with E-state index < -0.39 is 6.04 Å². The zero-order valence-electron chi connectivity index (χ0n) is 17.5. The Morgan fingerprint density at radius 1 is 1.03 bits per heavy atom. The van der Waals surface area contributed by atoms with Crippen molar-refractivity contribution < 1.29 is 14.4 Å². The van der Waals surface area contributed by atoms with E-state index >= 15 is 0 Å². The molecule has 1 heterocycles. The first kappa shape index (κ1) is 19.5. The predicted octanol–water partition coefficient (Wildman–Crippen LogP) is 3.68. The molecular formula is C25H30N2O3. The predicted molar refractivity (Wildman–Crippen MR) is 113 cm³/mol. The highest BCUT2D eigenvalue weighted by molar-refractivity contribution is 6.07. The van der Waals surface area contributed by atoms with E-state index in [2.05, 4.69) is 17.5 Å². The van der Waals surface area contributed by atoms with Crippen LogP contribution in [0.2, 0.25) is 0 Å². The van der Waals surface area contributed by atoms with Crippen LogP contribution in [0.15, 0.2) is 36.4 Å². The fourth-order valence-corrected chi connectivity index (χ4v) is 6.24. The van der Waals surface area contributed by atoms with Gasteiger partial charge >= 0.3 is 0 Å². The molecule has 1 saturated heterocycles. The first-order chi connectivity index (χ1) is 14.5. The molecule has 4 aliphatic rings. The van der Waals surface area contributed by atoms with Crippen LogP contribution in [0.3, 0.4) is 0 Å². The lowest BCUT2D eigenvalue weighted by Crippen LogP contribution is -2.42. The van der Waals surface area contributed by atoms with Crippen LogP contribution in [-0.2, 0) is 14.4 Å². The van der Waals surface area contributed by atoms with E-state index in [0.717, 1.165) is 43.2 Å². The van der Waals surface area contributed by atoms with Crippen molar-refractivity contribution in [2.45, 2.75) is 64.0 Å². The Kier molecular flexibility index (Phi) is 5.00. The summed E-state index contributed by atoms with van der Waals surface area (Å²) in [5.74, 6) is -0.346. The number of rotatable bonds is 5. The Labute approximate surface area is 177 Å². The topological polar surface area (TPSA) is 66.5 Å². The SMILES string of the molecule is Cc1ccccc1C(CC(=O)NC1CCCCC1)N1C(=O)C2C3C=CC(C3)C2C1=O. The van der Waals surface area contributed by atoms with Gasteiger partial charge in [-0.2, -0.15) is 0 Å². The second-order valence-corrected chi connectivity index (χ2v) is 9.53. The monoisotopic (exact) mass is 406 g/mol. The molecule has 30 heavy (non-hydrogen) atoms. The van der Waals surface area contributed by atoms with Crippen LogP contribution in [0.25, 0.3) is 0 Å². The summed E-state index contributed by atoms with van der Waals surface area (Å²) in [6, 6.07) is 7.50. The molecule has 1 aliphatic heterocycles. The summed E-state index contributed by atoms with van der Waals surface area (Å²) >= 11 is 0. The Bertz CT molecular complexity index is 871. The standard InChI is InChI=1S/C25H30N2O3/c1-15-7-5-6-10-19(15)20(14-21(28)26-18-8-3-2-4-9-18)27-24(29)22-16-11-12-17(13-16)23(22)25(27)30/h5-7,10-12,16-18,20,22-23H,2-4,8-9,13-14H2,1H3,(H,26,28). The van der Waals surface area contributed by atoms with Crippen LogP contribution in [0, 0.1) is 30.6 Å². The number of imide groups is 1. The highest BCUT2D eigenvalue weighted by atomic mass is 16.2. The van der Waals surface area contributed by atoms with Crippen molar-refractivity contribution >= 4 is 17.7 Å². The number of aryl methyl sites for hydroxylation is 1. The fourth-order valence-electron chi connectivity index (χ4n) is 6.24. The summed E-state index contributed by atoms with van der Waals surface area (Å²) in [6.45, 7) is 1.98. The number of nitrogens with zero attached hydrogens (tertiary/aromatic N) is 1. The maximum atomic E-state index is 13.4. The van der Waals surface area contributed by atoms with E-state index in [9.17, 15) is 14.4 Å². The molecule has 3 fully saturated rings. The van der Waals surface area contributed by atoms with Crippen molar-refractivity contribution in [1.82, 2.24) is 10.2 Å². The Balaban J connectivity index is 1.42. The third-order valence-electron chi connectivity index (χ3n) is 7.71. The molecule has 3 amide bonds. The summed E-state index contributed by atoms with van der Waals surface area (Å²) in [7, 11) is 0. The van der Waals surface area contributed by atoms with E-state index in [-0.39, 0.29) is 53.9 Å². The minimum Gasteiger partial charge on any atom is -0.353 e. The number of hydrogen-bond acceptors (Lipinski definition) is 3. The van der Waals surface area contributed by atoms with E-state index in [0.29, 0.717) is 0 Å². The number of amides is 3. The van der Waals surface area contributed by atoms with Gasteiger partial charge in [0.2, 0.25) is 17.7 Å². The smallest absolute Gasteiger partial charge is 0.234 e. The second kappa shape index (κ2) is 7.68. The van der Waals surface area contributed by atoms with Crippen molar-refractivity contribution in [2.75, 3.05) is 0 Å². The summed E-state index contributed by atoms with van der Waals surface area (Å²) in [5, 5.41) is 3.17. The lowest BCUT2D eigenvalue weighted by Gasteiger charge is -2.30. The van der Waals surface area contributed by atoms with E-state index in [4.69, 9.17) is 0 Å².